The van der Waals surface area contributed by atoms with Gasteiger partial charge < -0.3 is 5.11 Å². The van der Waals surface area contributed by atoms with Gasteiger partial charge >= 0.3 is 0 Å². The van der Waals surface area contributed by atoms with Crippen LogP contribution in [-0.4, -0.2) is 11.4 Å². The third-order valence-electron chi connectivity index (χ3n) is 2.18. The summed E-state index contributed by atoms with van der Waals surface area (Å²) in [6, 6.07) is 13.6. The first-order valence-corrected chi connectivity index (χ1v) is 5.07. The zero-order chi connectivity index (χ0) is 12.1. The Morgan fingerprint density at radius 1 is 0.824 bits per heavy atom. The third-order valence-corrected chi connectivity index (χ3v) is 2.18. The van der Waals surface area contributed by atoms with E-state index in [1.807, 2.05) is 18.4 Å². The Hall–Kier alpha value is -2.53. The highest BCUT2D eigenvalue weighted by molar-refractivity contribution is 5.76. The maximum Gasteiger partial charge on any atom is 0.233 e. The summed E-state index contributed by atoms with van der Waals surface area (Å²) in [5.41, 5.74) is 1.95. The van der Waals surface area contributed by atoms with Crippen LogP contribution in [0, 0.1) is 11.8 Å². The Kier molecular flexibility index (Phi) is 3.23. The highest BCUT2D eigenvalue weighted by Gasteiger charge is 1.92. The molecular weight excluding hydrogens is 212 g/mol. The molecule has 2 rings (SSSR count). The minimum atomic E-state index is 0.187. The number of benzene rings is 2. The molecule has 0 fully saturated rings. The zero-order valence-electron chi connectivity index (χ0n) is 8.97. The van der Waals surface area contributed by atoms with Gasteiger partial charge in [-0.3, -0.25) is 4.79 Å². The van der Waals surface area contributed by atoms with Crippen molar-refractivity contribution in [3.8, 4) is 17.6 Å². The number of hydrogen-bond acceptors (Lipinski definition) is 2. The molecule has 0 spiro atoms. The average Bonchev–Trinajstić information content (AvgIpc) is 2.37. The molecule has 2 aromatic rings. The Morgan fingerprint density at radius 3 is 2.06 bits per heavy atom. The quantitative estimate of drug-likeness (QED) is 0.750. The molecule has 2 aromatic carbocycles. The van der Waals surface area contributed by atoms with E-state index in [4.69, 9.17) is 0 Å². The fourth-order valence-corrected chi connectivity index (χ4v) is 1.39. The van der Waals surface area contributed by atoms with Gasteiger partial charge in [-0.2, -0.15) is 0 Å². The van der Waals surface area contributed by atoms with Crippen LogP contribution in [0.2, 0.25) is 0 Å². The highest BCUT2D eigenvalue weighted by Crippen LogP contribution is 2.10. The van der Waals surface area contributed by atoms with Gasteiger partial charge in [0, 0.05) is 16.7 Å². The van der Waals surface area contributed by atoms with Crippen LogP contribution in [0.5, 0.6) is 5.75 Å². The molecule has 0 aliphatic carbocycles. The first-order valence-electron chi connectivity index (χ1n) is 5.07. The molecule has 0 saturated carbocycles. The van der Waals surface area contributed by atoms with Gasteiger partial charge in [-0.15, -0.1) is 0 Å². The van der Waals surface area contributed by atoms with Gasteiger partial charge in [0.2, 0.25) is 6.29 Å². The molecule has 2 nitrogen and oxygen atoms in total. The second-order valence-electron chi connectivity index (χ2n) is 3.48. The summed E-state index contributed by atoms with van der Waals surface area (Å²) in [5, 5.41) is 9.27. The minimum Gasteiger partial charge on any atom is -0.508 e. The molecule has 0 saturated heterocycles. The standard InChI is InChI=1S/C15H9O2/c16-11-14-5-1-3-12(9-14)7-8-13-4-2-6-15(17)10-13/h1-6,9-10,17H. The van der Waals surface area contributed by atoms with E-state index in [0.717, 1.165) is 11.1 Å². The predicted octanol–water partition coefficient (Wildman–Crippen LogP) is 2.25. The molecule has 0 bridgehead atoms. The van der Waals surface area contributed by atoms with E-state index in [1.54, 1.807) is 36.4 Å². The van der Waals surface area contributed by atoms with Crippen molar-refractivity contribution in [1.82, 2.24) is 0 Å². The number of carbonyl (C=O) groups excluding carboxylic acids is 1. The largest absolute Gasteiger partial charge is 0.508 e. The molecule has 0 unspecified atom stereocenters. The maximum atomic E-state index is 10.5. The van der Waals surface area contributed by atoms with Crippen molar-refractivity contribution in [1.29, 1.82) is 0 Å². The molecule has 0 heterocycles. The number of aromatic hydroxyl groups is 1. The molecule has 0 amide bonds. The smallest absolute Gasteiger partial charge is 0.233 e. The van der Waals surface area contributed by atoms with Crippen molar-refractivity contribution in [3.63, 3.8) is 0 Å². The second-order valence-corrected chi connectivity index (χ2v) is 3.48. The summed E-state index contributed by atoms with van der Waals surface area (Å²) in [4.78, 5) is 10.5. The van der Waals surface area contributed by atoms with Gasteiger partial charge in [0.1, 0.15) is 5.75 Å². The lowest BCUT2D eigenvalue weighted by Gasteiger charge is -1.93. The van der Waals surface area contributed by atoms with Crippen LogP contribution in [0.1, 0.15) is 16.7 Å². The molecule has 1 N–H and O–H groups in total. The summed E-state index contributed by atoms with van der Waals surface area (Å²) in [6.45, 7) is 0. The monoisotopic (exact) mass is 221 g/mol. The molecule has 81 valence electrons. The van der Waals surface area contributed by atoms with E-state index >= 15 is 0 Å². The molecule has 0 aliphatic rings. The fraction of sp³-hybridized carbons (Fsp3) is 0. The van der Waals surface area contributed by atoms with E-state index in [0.29, 0.717) is 5.56 Å². The van der Waals surface area contributed by atoms with Crippen LogP contribution in [0.15, 0.2) is 48.5 Å². The Bertz CT molecular complexity index is 604. The van der Waals surface area contributed by atoms with Crippen LogP contribution >= 0.6 is 0 Å². The van der Waals surface area contributed by atoms with E-state index in [2.05, 4.69) is 11.8 Å². The van der Waals surface area contributed by atoms with Crippen molar-refractivity contribution < 1.29 is 9.90 Å². The van der Waals surface area contributed by atoms with Crippen LogP contribution < -0.4 is 0 Å². The van der Waals surface area contributed by atoms with Gasteiger partial charge in [-0.05, 0) is 30.3 Å². The van der Waals surface area contributed by atoms with Crippen LogP contribution in [0.25, 0.3) is 0 Å². The van der Waals surface area contributed by atoms with E-state index in [1.165, 1.54) is 0 Å². The van der Waals surface area contributed by atoms with Gasteiger partial charge in [0.25, 0.3) is 0 Å². The summed E-state index contributed by atoms with van der Waals surface area (Å²) < 4.78 is 0. The Balaban J connectivity index is 2.29. The molecule has 0 atom stereocenters. The SMILES string of the molecule is O=[C]c1cccc(C#Cc2cccc(O)c2)c1. The second kappa shape index (κ2) is 5.00. The summed E-state index contributed by atoms with van der Waals surface area (Å²) in [5.74, 6) is 6.02. The van der Waals surface area contributed by atoms with Gasteiger partial charge in [0.15, 0.2) is 0 Å². The van der Waals surface area contributed by atoms with Crippen molar-refractivity contribution in [3.05, 3.63) is 65.2 Å². The molecule has 2 heteroatoms. The van der Waals surface area contributed by atoms with E-state index < -0.39 is 0 Å². The van der Waals surface area contributed by atoms with E-state index in [-0.39, 0.29) is 5.75 Å². The van der Waals surface area contributed by atoms with Crippen molar-refractivity contribution in [2.24, 2.45) is 0 Å². The van der Waals surface area contributed by atoms with Crippen LogP contribution in [0.4, 0.5) is 0 Å². The number of hydrogen-bond donors (Lipinski definition) is 1. The van der Waals surface area contributed by atoms with Crippen molar-refractivity contribution in [2.45, 2.75) is 0 Å². The summed E-state index contributed by atoms with van der Waals surface area (Å²) in [6.07, 6.45) is 1.82. The average molecular weight is 221 g/mol. The minimum absolute atomic E-state index is 0.187. The zero-order valence-corrected chi connectivity index (χ0v) is 8.97. The summed E-state index contributed by atoms with van der Waals surface area (Å²) in [7, 11) is 0. The number of phenolic OH excluding ortho intramolecular Hbond substituents is 1. The van der Waals surface area contributed by atoms with Gasteiger partial charge in [0.05, 0.1) is 0 Å². The van der Waals surface area contributed by atoms with Gasteiger partial charge in [-0.25, -0.2) is 0 Å². The fourth-order valence-electron chi connectivity index (χ4n) is 1.39. The first-order chi connectivity index (χ1) is 8.28. The Morgan fingerprint density at radius 2 is 1.41 bits per heavy atom. The Labute approximate surface area is 99.5 Å². The highest BCUT2D eigenvalue weighted by atomic mass is 16.3. The molecule has 1 radical (unpaired) electrons. The van der Waals surface area contributed by atoms with Crippen molar-refractivity contribution in [2.75, 3.05) is 0 Å². The molecular formula is C15H9O2. The number of phenols is 1. The topological polar surface area (TPSA) is 37.3 Å². The molecule has 17 heavy (non-hydrogen) atoms. The van der Waals surface area contributed by atoms with Crippen molar-refractivity contribution >= 4 is 6.29 Å². The molecule has 0 aliphatic heterocycles. The van der Waals surface area contributed by atoms with E-state index in [9.17, 15) is 9.90 Å². The lowest BCUT2D eigenvalue weighted by atomic mass is 10.1. The summed E-state index contributed by atoms with van der Waals surface area (Å²) >= 11 is 0. The lowest BCUT2D eigenvalue weighted by molar-refractivity contribution is 0.475. The normalized spacial score (nSPS) is 9.18. The maximum absolute atomic E-state index is 10.5. The lowest BCUT2D eigenvalue weighted by Crippen LogP contribution is -1.81. The van der Waals surface area contributed by atoms with Crippen LogP contribution in [-0.2, 0) is 4.79 Å². The number of rotatable bonds is 1. The predicted molar refractivity (Wildman–Crippen MR) is 65.3 cm³/mol. The first kappa shape index (κ1) is 11.0. The van der Waals surface area contributed by atoms with Crippen LogP contribution in [0.3, 0.4) is 0 Å². The third kappa shape index (κ3) is 2.96. The van der Waals surface area contributed by atoms with Gasteiger partial charge in [-0.1, -0.05) is 30.0 Å². The molecule has 0 aromatic heterocycles.